The third-order valence-electron chi connectivity index (χ3n) is 3.32. The molecule has 0 aliphatic heterocycles. The normalized spacial score (nSPS) is 12.0. The SMILES string of the molecule is Cc1nn(C)c(C)c1OCC(=O)Nc1ccc(S(C)=O)c(F)c1. The summed E-state index contributed by atoms with van der Waals surface area (Å²) in [4.78, 5) is 12.0. The minimum atomic E-state index is -1.41. The average Bonchev–Trinajstić information content (AvgIpc) is 2.70. The standard InChI is InChI=1S/C15H18FN3O3S/c1-9-15(10(2)19(3)18-9)22-8-14(20)17-11-5-6-13(23(4)21)12(16)7-11/h5-7H,8H2,1-4H3,(H,17,20). The lowest BCUT2D eigenvalue weighted by atomic mass is 10.3. The number of amides is 1. The minimum Gasteiger partial charge on any atom is -0.480 e. The van der Waals surface area contributed by atoms with E-state index in [1.54, 1.807) is 18.7 Å². The molecule has 0 bridgehead atoms. The van der Waals surface area contributed by atoms with E-state index in [1.165, 1.54) is 18.4 Å². The van der Waals surface area contributed by atoms with E-state index in [0.717, 1.165) is 11.8 Å². The molecule has 8 heteroatoms. The van der Waals surface area contributed by atoms with Gasteiger partial charge < -0.3 is 10.1 Å². The Hall–Kier alpha value is -2.22. The number of aromatic nitrogens is 2. The molecule has 1 aromatic heterocycles. The van der Waals surface area contributed by atoms with E-state index < -0.39 is 22.5 Å². The molecule has 1 amide bonds. The van der Waals surface area contributed by atoms with Gasteiger partial charge in [0.2, 0.25) is 0 Å². The summed E-state index contributed by atoms with van der Waals surface area (Å²) in [6, 6.07) is 4.02. The van der Waals surface area contributed by atoms with Crippen molar-refractivity contribution >= 4 is 22.4 Å². The summed E-state index contributed by atoms with van der Waals surface area (Å²) in [5, 5.41) is 6.73. The van der Waals surface area contributed by atoms with Crippen LogP contribution in [0.15, 0.2) is 23.1 Å². The zero-order valence-corrected chi connectivity index (χ0v) is 14.2. The van der Waals surface area contributed by atoms with Crippen molar-refractivity contribution in [3.8, 4) is 5.75 Å². The molecule has 0 radical (unpaired) electrons. The van der Waals surface area contributed by atoms with Gasteiger partial charge in [-0.05, 0) is 32.0 Å². The Bertz CT molecular complexity index is 774. The highest BCUT2D eigenvalue weighted by Crippen LogP contribution is 2.21. The summed E-state index contributed by atoms with van der Waals surface area (Å²) in [6.45, 7) is 3.42. The van der Waals surface area contributed by atoms with E-state index in [-0.39, 0.29) is 17.2 Å². The number of halogens is 1. The van der Waals surface area contributed by atoms with Gasteiger partial charge in [-0.3, -0.25) is 13.7 Å². The quantitative estimate of drug-likeness (QED) is 0.903. The number of benzene rings is 1. The summed E-state index contributed by atoms with van der Waals surface area (Å²) in [6.07, 6.45) is 1.39. The number of nitrogens with one attached hydrogen (secondary N) is 1. The first-order valence-corrected chi connectivity index (χ1v) is 8.41. The lowest BCUT2D eigenvalue weighted by Crippen LogP contribution is -2.20. The van der Waals surface area contributed by atoms with E-state index in [9.17, 15) is 13.4 Å². The molecule has 23 heavy (non-hydrogen) atoms. The highest BCUT2D eigenvalue weighted by molar-refractivity contribution is 7.84. The van der Waals surface area contributed by atoms with Crippen LogP contribution in [-0.2, 0) is 22.6 Å². The van der Waals surface area contributed by atoms with Gasteiger partial charge in [0, 0.05) is 19.0 Å². The van der Waals surface area contributed by atoms with Crippen LogP contribution >= 0.6 is 0 Å². The van der Waals surface area contributed by atoms with Crippen LogP contribution in [0, 0.1) is 19.7 Å². The number of ether oxygens (including phenoxy) is 1. The van der Waals surface area contributed by atoms with Crippen LogP contribution < -0.4 is 10.1 Å². The van der Waals surface area contributed by atoms with Crippen molar-refractivity contribution in [1.82, 2.24) is 9.78 Å². The Labute approximate surface area is 136 Å². The molecule has 1 aromatic carbocycles. The maximum Gasteiger partial charge on any atom is 0.262 e. The predicted octanol–water partition coefficient (Wildman–Crippen LogP) is 1.93. The van der Waals surface area contributed by atoms with Crippen LogP contribution in [0.4, 0.5) is 10.1 Å². The number of rotatable bonds is 5. The molecule has 124 valence electrons. The third kappa shape index (κ3) is 3.95. The fraction of sp³-hybridized carbons (Fsp3) is 0.333. The number of hydrogen-bond donors (Lipinski definition) is 1. The molecule has 2 aromatic rings. The van der Waals surface area contributed by atoms with E-state index in [4.69, 9.17) is 4.74 Å². The molecule has 1 heterocycles. The van der Waals surface area contributed by atoms with Gasteiger partial charge in [0.1, 0.15) is 11.5 Å². The molecule has 6 nitrogen and oxygen atoms in total. The zero-order valence-electron chi connectivity index (χ0n) is 13.3. The number of hydrogen-bond acceptors (Lipinski definition) is 4. The summed E-state index contributed by atoms with van der Waals surface area (Å²) in [5.41, 5.74) is 1.79. The fourth-order valence-corrected chi connectivity index (χ4v) is 2.70. The molecule has 1 N–H and O–H groups in total. The van der Waals surface area contributed by atoms with Gasteiger partial charge in [0.05, 0.1) is 21.4 Å². The van der Waals surface area contributed by atoms with Crippen LogP contribution in [0.2, 0.25) is 0 Å². The first-order chi connectivity index (χ1) is 10.8. The first kappa shape index (κ1) is 17.1. The molecule has 1 atom stereocenters. The number of carbonyl (C=O) groups excluding carboxylic acids is 1. The molecule has 1 unspecified atom stereocenters. The van der Waals surface area contributed by atoms with Crippen molar-refractivity contribution in [1.29, 1.82) is 0 Å². The van der Waals surface area contributed by atoms with Crippen molar-refractivity contribution in [3.05, 3.63) is 35.4 Å². The van der Waals surface area contributed by atoms with Gasteiger partial charge in [-0.2, -0.15) is 5.10 Å². The lowest BCUT2D eigenvalue weighted by molar-refractivity contribution is -0.118. The zero-order chi connectivity index (χ0) is 17.1. The van der Waals surface area contributed by atoms with Crippen molar-refractivity contribution in [2.24, 2.45) is 7.05 Å². The third-order valence-corrected chi connectivity index (χ3v) is 4.27. The summed E-state index contributed by atoms with van der Waals surface area (Å²) in [7, 11) is 0.375. The second-order valence-corrected chi connectivity index (χ2v) is 6.41. The van der Waals surface area contributed by atoms with Crippen LogP contribution in [0.3, 0.4) is 0 Å². The maximum atomic E-state index is 13.7. The molecule has 0 spiro atoms. The van der Waals surface area contributed by atoms with Crippen LogP contribution in [-0.4, -0.2) is 32.8 Å². The topological polar surface area (TPSA) is 73.2 Å². The fourth-order valence-electron chi connectivity index (χ4n) is 2.11. The molecule has 0 saturated carbocycles. The van der Waals surface area contributed by atoms with Gasteiger partial charge in [-0.1, -0.05) is 0 Å². The molecule has 0 aliphatic rings. The Morgan fingerprint density at radius 1 is 1.43 bits per heavy atom. The summed E-state index contributed by atoms with van der Waals surface area (Å²) >= 11 is 0. The molecule has 2 rings (SSSR count). The molecule has 0 fully saturated rings. The Morgan fingerprint density at radius 2 is 2.13 bits per heavy atom. The van der Waals surface area contributed by atoms with Crippen LogP contribution in [0.25, 0.3) is 0 Å². The van der Waals surface area contributed by atoms with E-state index in [0.29, 0.717) is 11.4 Å². The van der Waals surface area contributed by atoms with Crippen molar-refractivity contribution < 1.29 is 18.1 Å². The second-order valence-electron chi connectivity index (χ2n) is 5.06. The number of nitrogens with zero attached hydrogens (tertiary/aromatic N) is 2. The largest absolute Gasteiger partial charge is 0.480 e. The molecular weight excluding hydrogens is 321 g/mol. The summed E-state index contributed by atoms with van der Waals surface area (Å²) in [5.74, 6) is -0.480. The van der Waals surface area contributed by atoms with Crippen molar-refractivity contribution in [2.75, 3.05) is 18.2 Å². The van der Waals surface area contributed by atoms with Gasteiger partial charge >= 0.3 is 0 Å². The average molecular weight is 339 g/mol. The Balaban J connectivity index is 2.00. The smallest absolute Gasteiger partial charge is 0.262 e. The number of aryl methyl sites for hydroxylation is 2. The maximum absolute atomic E-state index is 13.7. The van der Waals surface area contributed by atoms with Crippen LogP contribution in [0.1, 0.15) is 11.4 Å². The monoisotopic (exact) mass is 339 g/mol. The van der Waals surface area contributed by atoms with Gasteiger partial charge in [0.15, 0.2) is 12.4 Å². The van der Waals surface area contributed by atoms with E-state index >= 15 is 0 Å². The number of anilines is 1. The Kier molecular flexibility index (Phi) is 5.15. The van der Waals surface area contributed by atoms with Crippen molar-refractivity contribution in [3.63, 3.8) is 0 Å². The molecule has 0 aliphatic carbocycles. The number of carbonyl (C=O) groups is 1. The first-order valence-electron chi connectivity index (χ1n) is 6.85. The minimum absolute atomic E-state index is 0.0980. The predicted molar refractivity (Wildman–Crippen MR) is 85.5 cm³/mol. The highest BCUT2D eigenvalue weighted by atomic mass is 32.2. The van der Waals surface area contributed by atoms with Gasteiger partial charge in [-0.25, -0.2) is 4.39 Å². The second kappa shape index (κ2) is 6.91. The van der Waals surface area contributed by atoms with E-state index in [2.05, 4.69) is 10.4 Å². The summed E-state index contributed by atoms with van der Waals surface area (Å²) < 4.78 is 32.1. The lowest BCUT2D eigenvalue weighted by Gasteiger charge is -2.09. The van der Waals surface area contributed by atoms with Crippen LogP contribution in [0.5, 0.6) is 5.75 Å². The van der Waals surface area contributed by atoms with Crippen molar-refractivity contribution in [2.45, 2.75) is 18.7 Å². The van der Waals surface area contributed by atoms with Gasteiger partial charge in [-0.15, -0.1) is 0 Å². The van der Waals surface area contributed by atoms with Gasteiger partial charge in [0.25, 0.3) is 5.91 Å². The molecule has 0 saturated heterocycles. The highest BCUT2D eigenvalue weighted by Gasteiger charge is 2.13. The molecular formula is C15H18FN3O3S. The Morgan fingerprint density at radius 3 is 2.65 bits per heavy atom. The van der Waals surface area contributed by atoms with E-state index in [1.807, 2.05) is 6.92 Å².